The molecular weight excluding hydrogens is 168 g/mol. The highest BCUT2D eigenvalue weighted by Gasteiger charge is 2.20. The van der Waals surface area contributed by atoms with Gasteiger partial charge in [0.25, 0.3) is 0 Å². The van der Waals surface area contributed by atoms with E-state index >= 15 is 0 Å². The highest BCUT2D eigenvalue weighted by atomic mass is 16.5. The first kappa shape index (κ1) is 8.65. The van der Waals surface area contributed by atoms with Gasteiger partial charge in [0.05, 0.1) is 6.54 Å². The van der Waals surface area contributed by atoms with Gasteiger partial charge < -0.3 is 9.84 Å². The minimum absolute atomic E-state index is 0.604. The van der Waals surface area contributed by atoms with Gasteiger partial charge in [-0.3, -0.25) is 4.90 Å². The summed E-state index contributed by atoms with van der Waals surface area (Å²) in [6.45, 7) is 2.91. The summed E-state index contributed by atoms with van der Waals surface area (Å²) in [7, 11) is 2.09. The second-order valence-corrected chi connectivity index (χ2v) is 3.40. The number of nitrogens with one attached hydrogen (secondary N) is 1. The molecule has 1 aromatic rings. The average molecular weight is 182 g/mol. The first-order valence-corrected chi connectivity index (χ1v) is 4.53. The molecule has 5 heteroatoms. The van der Waals surface area contributed by atoms with Crippen LogP contribution in [-0.4, -0.2) is 41.2 Å². The number of nitrogens with zero attached hydrogens (tertiary/aromatic N) is 3. The largest absolute Gasteiger partial charge is 0.338 e. The van der Waals surface area contributed by atoms with E-state index in [0.29, 0.717) is 11.9 Å². The van der Waals surface area contributed by atoms with Crippen LogP contribution in [0, 0.1) is 0 Å². The molecule has 1 atom stereocenters. The van der Waals surface area contributed by atoms with E-state index in [1.54, 1.807) is 0 Å². The Morgan fingerprint density at radius 2 is 2.69 bits per heavy atom. The zero-order valence-electron chi connectivity index (χ0n) is 7.73. The van der Waals surface area contributed by atoms with E-state index < -0.39 is 0 Å². The zero-order chi connectivity index (χ0) is 9.10. The Kier molecular flexibility index (Phi) is 2.56. The standard InChI is InChI=1S/C8H14N4O/c1-12(7-2-3-9-4-7)5-8-10-6-11-13-8/h6-7,9H,2-5H2,1H3. The highest BCUT2D eigenvalue weighted by molar-refractivity contribution is 4.82. The van der Waals surface area contributed by atoms with Crippen molar-refractivity contribution in [3.63, 3.8) is 0 Å². The van der Waals surface area contributed by atoms with Crippen LogP contribution < -0.4 is 5.32 Å². The van der Waals surface area contributed by atoms with E-state index in [0.717, 1.165) is 19.6 Å². The van der Waals surface area contributed by atoms with Crippen molar-refractivity contribution < 1.29 is 4.52 Å². The fraction of sp³-hybridized carbons (Fsp3) is 0.750. The number of aromatic nitrogens is 2. The van der Waals surface area contributed by atoms with E-state index in [9.17, 15) is 0 Å². The van der Waals surface area contributed by atoms with E-state index in [4.69, 9.17) is 4.52 Å². The molecule has 1 N–H and O–H groups in total. The molecule has 2 heterocycles. The first-order valence-electron chi connectivity index (χ1n) is 4.53. The van der Waals surface area contributed by atoms with Crippen molar-refractivity contribution in [2.45, 2.75) is 19.0 Å². The second kappa shape index (κ2) is 3.85. The molecule has 1 aliphatic heterocycles. The third kappa shape index (κ3) is 2.05. The normalized spacial score (nSPS) is 22.8. The van der Waals surface area contributed by atoms with Gasteiger partial charge >= 0.3 is 0 Å². The van der Waals surface area contributed by atoms with Crippen molar-refractivity contribution in [3.8, 4) is 0 Å². The maximum atomic E-state index is 4.94. The van der Waals surface area contributed by atoms with Crippen LogP contribution >= 0.6 is 0 Å². The molecule has 1 aromatic heterocycles. The lowest BCUT2D eigenvalue weighted by Crippen LogP contribution is -2.32. The lowest BCUT2D eigenvalue weighted by molar-refractivity contribution is 0.214. The predicted molar refractivity (Wildman–Crippen MR) is 47.0 cm³/mol. The van der Waals surface area contributed by atoms with Gasteiger partial charge in [-0.25, -0.2) is 0 Å². The fourth-order valence-electron chi connectivity index (χ4n) is 1.62. The van der Waals surface area contributed by atoms with Crippen molar-refractivity contribution in [2.24, 2.45) is 0 Å². The summed E-state index contributed by atoms with van der Waals surface area (Å²) in [5, 5.41) is 6.90. The quantitative estimate of drug-likeness (QED) is 0.705. The summed E-state index contributed by atoms with van der Waals surface area (Å²) in [6.07, 6.45) is 2.64. The molecule has 0 spiro atoms. The van der Waals surface area contributed by atoms with Crippen LogP contribution in [0.4, 0.5) is 0 Å². The lowest BCUT2D eigenvalue weighted by atomic mass is 10.2. The average Bonchev–Trinajstić information content (AvgIpc) is 2.74. The Morgan fingerprint density at radius 1 is 1.77 bits per heavy atom. The molecule has 5 nitrogen and oxygen atoms in total. The number of hydrogen-bond acceptors (Lipinski definition) is 5. The van der Waals surface area contributed by atoms with Gasteiger partial charge in [-0.2, -0.15) is 4.98 Å². The Morgan fingerprint density at radius 3 is 3.31 bits per heavy atom. The topological polar surface area (TPSA) is 54.2 Å². The summed E-state index contributed by atoms with van der Waals surface area (Å²) in [6, 6.07) is 0.604. The van der Waals surface area contributed by atoms with Gasteiger partial charge in [0.15, 0.2) is 6.33 Å². The van der Waals surface area contributed by atoms with Crippen LogP contribution in [0.25, 0.3) is 0 Å². The molecule has 72 valence electrons. The monoisotopic (exact) mass is 182 g/mol. The van der Waals surface area contributed by atoms with E-state index in [-0.39, 0.29) is 0 Å². The van der Waals surface area contributed by atoms with Gasteiger partial charge in [-0.05, 0) is 20.0 Å². The molecular formula is C8H14N4O. The number of hydrogen-bond donors (Lipinski definition) is 1. The Labute approximate surface area is 77.1 Å². The maximum absolute atomic E-state index is 4.94. The zero-order valence-corrected chi connectivity index (χ0v) is 7.73. The minimum atomic E-state index is 0.604. The van der Waals surface area contributed by atoms with Crippen molar-refractivity contribution in [1.82, 2.24) is 20.4 Å². The molecule has 0 bridgehead atoms. The molecule has 1 aliphatic rings. The van der Waals surface area contributed by atoms with Gasteiger partial charge in [-0.15, -0.1) is 0 Å². The first-order chi connectivity index (χ1) is 6.36. The molecule has 0 aromatic carbocycles. The Bertz CT molecular complexity index is 243. The molecule has 0 aliphatic carbocycles. The van der Waals surface area contributed by atoms with Crippen molar-refractivity contribution in [2.75, 3.05) is 20.1 Å². The van der Waals surface area contributed by atoms with E-state index in [1.807, 2.05) is 0 Å². The second-order valence-electron chi connectivity index (χ2n) is 3.40. The molecule has 1 fully saturated rings. The summed E-state index contributed by atoms with van der Waals surface area (Å²) < 4.78 is 4.94. The van der Waals surface area contributed by atoms with Crippen LogP contribution in [0.2, 0.25) is 0 Å². The third-order valence-electron chi connectivity index (χ3n) is 2.45. The molecule has 0 saturated carbocycles. The van der Waals surface area contributed by atoms with E-state index in [1.165, 1.54) is 12.7 Å². The van der Waals surface area contributed by atoms with Gasteiger partial charge in [-0.1, -0.05) is 5.16 Å². The summed E-state index contributed by atoms with van der Waals surface area (Å²) in [4.78, 5) is 6.23. The molecule has 13 heavy (non-hydrogen) atoms. The lowest BCUT2D eigenvalue weighted by Gasteiger charge is -2.20. The summed E-state index contributed by atoms with van der Waals surface area (Å²) >= 11 is 0. The molecule has 1 unspecified atom stereocenters. The van der Waals surface area contributed by atoms with Crippen LogP contribution in [0.5, 0.6) is 0 Å². The van der Waals surface area contributed by atoms with Gasteiger partial charge in [0.1, 0.15) is 0 Å². The molecule has 0 radical (unpaired) electrons. The molecule has 2 rings (SSSR count). The van der Waals surface area contributed by atoms with Crippen molar-refractivity contribution in [3.05, 3.63) is 12.2 Å². The molecule has 1 saturated heterocycles. The maximum Gasteiger partial charge on any atom is 0.240 e. The summed E-state index contributed by atoms with van der Waals surface area (Å²) in [5.74, 6) is 0.689. The van der Waals surface area contributed by atoms with E-state index in [2.05, 4.69) is 27.4 Å². The predicted octanol–water partition coefficient (Wildman–Crippen LogP) is -0.137. The smallest absolute Gasteiger partial charge is 0.240 e. The Balaban J connectivity index is 1.87. The number of rotatable bonds is 3. The minimum Gasteiger partial charge on any atom is -0.338 e. The number of likely N-dealkylation sites (N-methyl/N-ethyl adjacent to an activating group) is 1. The van der Waals surface area contributed by atoms with Crippen LogP contribution in [-0.2, 0) is 6.54 Å². The van der Waals surface area contributed by atoms with Crippen molar-refractivity contribution >= 4 is 0 Å². The third-order valence-corrected chi connectivity index (χ3v) is 2.45. The SMILES string of the molecule is CN(Cc1ncno1)C1CCNC1. The van der Waals surface area contributed by atoms with Crippen molar-refractivity contribution in [1.29, 1.82) is 0 Å². The van der Waals surface area contributed by atoms with Crippen LogP contribution in [0.1, 0.15) is 12.3 Å². The van der Waals surface area contributed by atoms with Gasteiger partial charge in [0.2, 0.25) is 5.89 Å². The molecule has 0 amide bonds. The fourth-order valence-corrected chi connectivity index (χ4v) is 1.62. The van der Waals surface area contributed by atoms with Crippen LogP contribution in [0.15, 0.2) is 10.9 Å². The van der Waals surface area contributed by atoms with Gasteiger partial charge in [0, 0.05) is 12.6 Å². The summed E-state index contributed by atoms with van der Waals surface area (Å²) in [5.41, 5.74) is 0. The highest BCUT2D eigenvalue weighted by Crippen LogP contribution is 2.08. The Hall–Kier alpha value is -0.940. The van der Waals surface area contributed by atoms with Crippen LogP contribution in [0.3, 0.4) is 0 Å².